The smallest absolute Gasteiger partial charge is 0.341 e. The summed E-state index contributed by atoms with van der Waals surface area (Å²) < 4.78 is 44.8. The topological polar surface area (TPSA) is 90.9 Å². The van der Waals surface area contributed by atoms with E-state index in [1.54, 1.807) is 19.9 Å². The number of esters is 1. The number of hydrogen-bond acceptors (Lipinski definition) is 7. The molecule has 0 spiro atoms. The van der Waals surface area contributed by atoms with Gasteiger partial charge in [-0.15, -0.1) is 11.3 Å². The molecule has 0 fully saturated rings. The number of hydrogen-bond donors (Lipinski definition) is 1. The summed E-state index contributed by atoms with van der Waals surface area (Å²) >= 11 is 1.30. The molecule has 0 saturated heterocycles. The molecule has 2 aromatic rings. The monoisotopic (exact) mass is 439 g/mol. The van der Waals surface area contributed by atoms with Gasteiger partial charge in [0.1, 0.15) is 21.4 Å². The molecule has 158 valence electrons. The van der Waals surface area contributed by atoms with E-state index in [0.29, 0.717) is 11.3 Å². The van der Waals surface area contributed by atoms with Gasteiger partial charge in [0.15, 0.2) is 0 Å². The third kappa shape index (κ3) is 4.20. The third-order valence-electron chi connectivity index (χ3n) is 4.85. The Morgan fingerprint density at radius 2 is 1.83 bits per heavy atom. The fraction of sp³-hybridized carbons (Fsp3) is 0.450. The molecule has 3 rings (SSSR count). The quantitative estimate of drug-likeness (QED) is 0.658. The molecule has 0 saturated carbocycles. The lowest BCUT2D eigenvalue weighted by Gasteiger charge is -2.15. The van der Waals surface area contributed by atoms with Crippen LogP contribution in [0.25, 0.3) is 0 Å². The molecule has 0 unspecified atom stereocenters. The first kappa shape index (κ1) is 21.4. The maximum Gasteiger partial charge on any atom is 0.341 e. The fourth-order valence-corrected chi connectivity index (χ4v) is 6.22. The summed E-state index contributed by atoms with van der Waals surface area (Å²) in [5, 5.41) is 0.289. The summed E-state index contributed by atoms with van der Waals surface area (Å²) in [6.07, 6.45) is 3.55. The van der Waals surface area contributed by atoms with Gasteiger partial charge in [0.25, 0.3) is 10.0 Å². The van der Waals surface area contributed by atoms with Crippen LogP contribution in [0.2, 0.25) is 0 Å². The maximum absolute atomic E-state index is 13.2. The fourth-order valence-electron chi connectivity index (χ4n) is 3.47. The normalized spacial score (nSPS) is 13.5. The van der Waals surface area contributed by atoms with E-state index < -0.39 is 16.0 Å². The second-order valence-corrected chi connectivity index (χ2v) is 9.47. The molecule has 1 aromatic heterocycles. The number of thiophene rings is 1. The van der Waals surface area contributed by atoms with Gasteiger partial charge in [-0.25, -0.2) is 13.2 Å². The molecule has 1 aliphatic rings. The molecule has 1 heterocycles. The Kier molecular flexibility index (Phi) is 6.38. The largest absolute Gasteiger partial charge is 0.496 e. The van der Waals surface area contributed by atoms with Crippen LogP contribution in [-0.4, -0.2) is 35.2 Å². The highest BCUT2D eigenvalue weighted by Gasteiger charge is 2.30. The van der Waals surface area contributed by atoms with Crippen LogP contribution in [0.1, 0.15) is 46.1 Å². The lowest BCUT2D eigenvalue weighted by Crippen LogP contribution is -2.17. The van der Waals surface area contributed by atoms with Crippen LogP contribution in [0.4, 0.5) is 5.00 Å². The van der Waals surface area contributed by atoms with Gasteiger partial charge in [0.05, 0.1) is 26.4 Å². The Labute approximate surface area is 175 Å². The lowest BCUT2D eigenvalue weighted by molar-refractivity contribution is 0.0526. The average Bonchev–Trinajstić information content (AvgIpc) is 3.04. The number of carbonyl (C=O) groups excluding carboxylic acids is 1. The molecule has 1 N–H and O–H groups in total. The Bertz CT molecular complexity index is 1030. The highest BCUT2D eigenvalue weighted by molar-refractivity contribution is 7.93. The maximum atomic E-state index is 13.2. The van der Waals surface area contributed by atoms with Crippen LogP contribution in [0.15, 0.2) is 17.0 Å². The molecule has 0 atom stereocenters. The minimum absolute atomic E-state index is 0.0522. The van der Waals surface area contributed by atoms with Gasteiger partial charge in [-0.3, -0.25) is 4.72 Å². The molecule has 0 aliphatic heterocycles. The molecule has 1 aromatic carbocycles. The lowest BCUT2D eigenvalue weighted by atomic mass is 9.95. The number of methoxy groups -OCH3 is 2. The number of anilines is 1. The Morgan fingerprint density at radius 3 is 2.48 bits per heavy atom. The summed E-state index contributed by atoms with van der Waals surface area (Å²) in [7, 11) is -1.14. The number of carbonyl (C=O) groups is 1. The van der Waals surface area contributed by atoms with Gasteiger partial charge in [-0.2, -0.15) is 0 Å². The molecule has 7 nitrogen and oxygen atoms in total. The van der Waals surface area contributed by atoms with E-state index in [2.05, 4.69) is 4.72 Å². The highest BCUT2D eigenvalue weighted by Crippen LogP contribution is 2.40. The number of benzene rings is 1. The van der Waals surface area contributed by atoms with E-state index >= 15 is 0 Å². The van der Waals surface area contributed by atoms with Crippen molar-refractivity contribution in [2.75, 3.05) is 25.5 Å². The number of fused-ring (bicyclic) bond motifs is 1. The van der Waals surface area contributed by atoms with E-state index in [-0.39, 0.29) is 22.3 Å². The summed E-state index contributed by atoms with van der Waals surface area (Å²) in [5.74, 6) is 0.134. The van der Waals surface area contributed by atoms with Crippen molar-refractivity contribution >= 4 is 32.3 Å². The van der Waals surface area contributed by atoms with E-state index in [9.17, 15) is 13.2 Å². The molecule has 0 radical (unpaired) electrons. The SMILES string of the molecule is CCOC(=O)c1c(NS(=O)(=O)c2cc(OC)c(C)cc2OC)sc2c1CCCC2. The molecule has 0 amide bonds. The summed E-state index contributed by atoms with van der Waals surface area (Å²) in [4.78, 5) is 13.6. The molecular formula is C20H25NO6S2. The van der Waals surface area contributed by atoms with Crippen LogP contribution in [0.3, 0.4) is 0 Å². The van der Waals surface area contributed by atoms with Crippen molar-refractivity contribution in [3.05, 3.63) is 33.7 Å². The van der Waals surface area contributed by atoms with Crippen LogP contribution in [0, 0.1) is 6.92 Å². The van der Waals surface area contributed by atoms with Crippen molar-refractivity contribution < 1.29 is 27.4 Å². The van der Waals surface area contributed by atoms with Gasteiger partial charge < -0.3 is 14.2 Å². The number of sulfonamides is 1. The average molecular weight is 440 g/mol. The Morgan fingerprint density at radius 1 is 1.14 bits per heavy atom. The van der Waals surface area contributed by atoms with Gasteiger partial charge in [0, 0.05) is 10.9 Å². The second-order valence-electron chi connectivity index (χ2n) is 6.71. The van der Waals surface area contributed by atoms with Crippen LogP contribution >= 0.6 is 11.3 Å². The number of ether oxygens (including phenoxy) is 3. The van der Waals surface area contributed by atoms with Crippen molar-refractivity contribution in [2.45, 2.75) is 44.4 Å². The number of rotatable bonds is 7. The van der Waals surface area contributed by atoms with Crippen molar-refractivity contribution in [1.82, 2.24) is 0 Å². The van der Waals surface area contributed by atoms with Crippen molar-refractivity contribution in [3.63, 3.8) is 0 Å². The molecule has 29 heavy (non-hydrogen) atoms. The zero-order chi connectivity index (χ0) is 21.2. The first-order valence-corrected chi connectivity index (χ1v) is 11.7. The molecule has 9 heteroatoms. The van der Waals surface area contributed by atoms with Crippen LogP contribution < -0.4 is 14.2 Å². The first-order valence-electron chi connectivity index (χ1n) is 9.39. The third-order valence-corrected chi connectivity index (χ3v) is 7.56. The van der Waals surface area contributed by atoms with E-state index in [1.165, 1.54) is 31.6 Å². The van der Waals surface area contributed by atoms with Crippen molar-refractivity contribution in [1.29, 1.82) is 0 Å². The zero-order valence-electron chi connectivity index (χ0n) is 17.0. The summed E-state index contributed by atoms with van der Waals surface area (Å²) in [6.45, 7) is 3.75. The first-order chi connectivity index (χ1) is 13.8. The second kappa shape index (κ2) is 8.62. The van der Waals surface area contributed by atoms with E-state index in [0.717, 1.165) is 41.7 Å². The Hall–Kier alpha value is -2.26. The van der Waals surface area contributed by atoms with E-state index in [1.807, 2.05) is 0 Å². The van der Waals surface area contributed by atoms with Gasteiger partial charge in [-0.1, -0.05) is 0 Å². The standard InChI is InChI=1S/C20H25NO6S2/c1-5-27-20(22)18-13-8-6-7-9-16(13)28-19(18)21-29(23,24)17-11-14(25-3)12(2)10-15(17)26-4/h10-11,21H,5-9H2,1-4H3. The number of nitrogens with one attached hydrogen (secondary N) is 1. The summed E-state index contributed by atoms with van der Waals surface area (Å²) in [5.41, 5.74) is 1.97. The number of aryl methyl sites for hydroxylation is 2. The predicted molar refractivity (Wildman–Crippen MR) is 112 cm³/mol. The van der Waals surface area contributed by atoms with Gasteiger partial charge >= 0.3 is 5.97 Å². The van der Waals surface area contributed by atoms with Gasteiger partial charge in [0.2, 0.25) is 0 Å². The zero-order valence-corrected chi connectivity index (χ0v) is 18.6. The minimum Gasteiger partial charge on any atom is -0.496 e. The molecule has 0 bridgehead atoms. The summed E-state index contributed by atoms with van der Waals surface area (Å²) in [6, 6.07) is 3.03. The molecule has 1 aliphatic carbocycles. The highest BCUT2D eigenvalue weighted by atomic mass is 32.2. The minimum atomic E-state index is -4.03. The molecular weight excluding hydrogens is 414 g/mol. The van der Waals surface area contributed by atoms with Crippen LogP contribution in [0.5, 0.6) is 11.5 Å². The van der Waals surface area contributed by atoms with Crippen molar-refractivity contribution in [2.24, 2.45) is 0 Å². The predicted octanol–water partition coefficient (Wildman–Crippen LogP) is 3.93. The Balaban J connectivity index is 2.08. The van der Waals surface area contributed by atoms with Gasteiger partial charge in [-0.05, 0) is 56.7 Å². The van der Waals surface area contributed by atoms with E-state index in [4.69, 9.17) is 14.2 Å². The van der Waals surface area contributed by atoms with Crippen molar-refractivity contribution in [3.8, 4) is 11.5 Å². The van der Waals surface area contributed by atoms with Crippen LogP contribution in [-0.2, 0) is 27.6 Å².